The fourth-order valence-corrected chi connectivity index (χ4v) is 4.18. The monoisotopic (exact) mass is 638 g/mol. The third-order valence-electron chi connectivity index (χ3n) is 6.88. The standard InChI is InChI=1S/C11H19BO3.C10H12N2O3.C5H5BrN2O2.CH4/c1-10(2)11(3,4)15-12(14-10)9-5-7-13-8-6-9;1-14-10(13)9-8(6-11-12-9)7-2-4-15-5-3-7;1-10-5(9)4-3(6)2-7-8-4;/h5H,6-8H2,1-4H3;2,6H,3-5H2,1H3,(H,11,12);2H,1H3,(H,7,8);1H4. The minimum absolute atomic E-state index is 0. The summed E-state index contributed by atoms with van der Waals surface area (Å²) in [5, 5.41) is 12.6. The van der Waals surface area contributed by atoms with Gasteiger partial charge in [-0.25, -0.2) is 9.59 Å². The number of carbonyl (C=O) groups is 2. The number of methoxy groups -OCH3 is 2. The molecule has 0 radical (unpaired) electrons. The highest BCUT2D eigenvalue weighted by atomic mass is 79.9. The van der Waals surface area contributed by atoms with Gasteiger partial charge in [-0.1, -0.05) is 19.6 Å². The Morgan fingerprint density at radius 2 is 1.41 bits per heavy atom. The summed E-state index contributed by atoms with van der Waals surface area (Å²) in [5.41, 5.74) is 3.38. The van der Waals surface area contributed by atoms with E-state index in [0.717, 1.165) is 30.6 Å². The molecule has 0 aliphatic carbocycles. The van der Waals surface area contributed by atoms with Gasteiger partial charge in [-0.05, 0) is 67.5 Å². The molecule has 0 bridgehead atoms. The molecule has 0 unspecified atom stereocenters. The smallest absolute Gasteiger partial charge is 0.464 e. The maximum absolute atomic E-state index is 11.4. The van der Waals surface area contributed by atoms with E-state index in [9.17, 15) is 9.59 Å². The van der Waals surface area contributed by atoms with E-state index in [4.69, 9.17) is 18.8 Å². The molecule has 5 heterocycles. The fourth-order valence-electron chi connectivity index (χ4n) is 3.83. The Morgan fingerprint density at radius 3 is 1.90 bits per heavy atom. The molecule has 1 fully saturated rings. The first kappa shape index (κ1) is 34.4. The molecule has 0 spiro atoms. The van der Waals surface area contributed by atoms with Gasteiger partial charge in [0.25, 0.3) is 0 Å². The molecule has 0 amide bonds. The Hall–Kier alpha value is -2.78. The van der Waals surface area contributed by atoms with Gasteiger partial charge in [-0.3, -0.25) is 10.2 Å². The molecular weight excluding hydrogens is 599 g/mol. The van der Waals surface area contributed by atoms with Gasteiger partial charge in [0.2, 0.25) is 0 Å². The number of halogens is 1. The molecule has 0 atom stereocenters. The van der Waals surface area contributed by atoms with Crippen molar-refractivity contribution >= 4 is 40.6 Å². The third kappa shape index (κ3) is 8.85. The predicted octanol–water partition coefficient (Wildman–Crippen LogP) is 4.56. The number of H-pyrrole nitrogens is 2. The Morgan fingerprint density at radius 1 is 0.878 bits per heavy atom. The van der Waals surface area contributed by atoms with Gasteiger partial charge in [0, 0.05) is 5.56 Å². The van der Waals surface area contributed by atoms with Crippen LogP contribution in [0.2, 0.25) is 0 Å². The molecule has 5 rings (SSSR count). The minimum Gasteiger partial charge on any atom is -0.464 e. The van der Waals surface area contributed by atoms with E-state index in [0.29, 0.717) is 35.7 Å². The fraction of sp³-hybridized carbons (Fsp3) is 0.556. The Bertz CT molecular complexity index is 1210. The van der Waals surface area contributed by atoms with Crippen LogP contribution in [0, 0.1) is 0 Å². The topological polar surface area (TPSA) is 147 Å². The van der Waals surface area contributed by atoms with Crippen molar-refractivity contribution in [2.45, 2.75) is 59.2 Å². The van der Waals surface area contributed by atoms with Crippen LogP contribution < -0.4 is 0 Å². The van der Waals surface area contributed by atoms with Crippen LogP contribution in [0.3, 0.4) is 0 Å². The molecule has 2 N–H and O–H groups in total. The van der Waals surface area contributed by atoms with Gasteiger partial charge < -0.3 is 28.3 Å². The molecule has 0 saturated carbocycles. The van der Waals surface area contributed by atoms with Crippen LogP contribution in [-0.4, -0.2) is 91.3 Å². The van der Waals surface area contributed by atoms with E-state index < -0.39 is 11.9 Å². The second-order valence-corrected chi connectivity index (χ2v) is 10.8. The Kier molecular flexibility index (Phi) is 13.0. The molecule has 2 aromatic heterocycles. The summed E-state index contributed by atoms with van der Waals surface area (Å²) < 4.78 is 32.1. The van der Waals surface area contributed by atoms with E-state index in [2.05, 4.69) is 79.6 Å². The van der Waals surface area contributed by atoms with E-state index in [1.165, 1.54) is 25.9 Å². The zero-order valence-electron chi connectivity index (χ0n) is 23.7. The summed E-state index contributed by atoms with van der Waals surface area (Å²) in [6, 6.07) is 0. The molecule has 226 valence electrons. The molecule has 1 saturated heterocycles. The van der Waals surface area contributed by atoms with Gasteiger partial charge in [-0.15, -0.1) is 0 Å². The molecule has 3 aliphatic rings. The second kappa shape index (κ2) is 15.5. The van der Waals surface area contributed by atoms with Gasteiger partial charge in [-0.2, -0.15) is 10.2 Å². The van der Waals surface area contributed by atoms with Crippen LogP contribution in [-0.2, 0) is 28.3 Å². The van der Waals surface area contributed by atoms with Crippen molar-refractivity contribution in [2.24, 2.45) is 0 Å². The highest BCUT2D eigenvalue weighted by Crippen LogP contribution is 2.39. The number of nitrogens with zero attached hydrogens (tertiary/aromatic N) is 2. The van der Waals surface area contributed by atoms with Crippen molar-refractivity contribution in [3.63, 3.8) is 0 Å². The van der Waals surface area contributed by atoms with Crippen LogP contribution in [0.5, 0.6) is 0 Å². The molecule has 2 aromatic rings. The van der Waals surface area contributed by atoms with E-state index in [1.54, 1.807) is 6.20 Å². The third-order valence-corrected chi connectivity index (χ3v) is 7.48. The lowest BCUT2D eigenvalue weighted by Crippen LogP contribution is -2.41. The normalized spacial score (nSPS) is 18.8. The van der Waals surface area contributed by atoms with Crippen molar-refractivity contribution in [3.05, 3.63) is 51.4 Å². The van der Waals surface area contributed by atoms with E-state index in [-0.39, 0.29) is 25.7 Å². The van der Waals surface area contributed by atoms with Crippen LogP contribution >= 0.6 is 15.9 Å². The van der Waals surface area contributed by atoms with Crippen LogP contribution in [0.15, 0.2) is 34.5 Å². The maximum atomic E-state index is 11.4. The lowest BCUT2D eigenvalue weighted by atomic mass is 9.75. The summed E-state index contributed by atoms with van der Waals surface area (Å²) in [6.45, 7) is 11.0. The summed E-state index contributed by atoms with van der Waals surface area (Å²) in [4.78, 5) is 22.2. The lowest BCUT2D eigenvalue weighted by molar-refractivity contribution is 0.00578. The number of rotatable bonds is 4. The molecule has 41 heavy (non-hydrogen) atoms. The predicted molar refractivity (Wildman–Crippen MR) is 157 cm³/mol. The van der Waals surface area contributed by atoms with Crippen molar-refractivity contribution in [3.8, 4) is 0 Å². The van der Waals surface area contributed by atoms with Crippen molar-refractivity contribution < 1.29 is 37.8 Å². The van der Waals surface area contributed by atoms with Gasteiger partial charge in [0.15, 0.2) is 11.4 Å². The maximum Gasteiger partial charge on any atom is 0.490 e. The summed E-state index contributed by atoms with van der Waals surface area (Å²) >= 11 is 3.11. The zero-order valence-corrected chi connectivity index (χ0v) is 25.3. The van der Waals surface area contributed by atoms with Gasteiger partial charge in [0.1, 0.15) is 0 Å². The number of carbonyl (C=O) groups excluding carboxylic acids is 2. The second-order valence-electron chi connectivity index (χ2n) is 9.98. The van der Waals surface area contributed by atoms with Crippen molar-refractivity contribution in [1.82, 2.24) is 20.4 Å². The number of aromatic nitrogens is 4. The lowest BCUT2D eigenvalue weighted by Gasteiger charge is -2.32. The van der Waals surface area contributed by atoms with Gasteiger partial charge in [0.05, 0.1) is 68.7 Å². The largest absolute Gasteiger partial charge is 0.490 e. The first-order valence-corrected chi connectivity index (χ1v) is 13.6. The molecule has 14 heteroatoms. The highest BCUT2D eigenvalue weighted by Gasteiger charge is 2.52. The van der Waals surface area contributed by atoms with Crippen LogP contribution in [0.4, 0.5) is 0 Å². The molecule has 0 aromatic carbocycles. The number of esters is 2. The van der Waals surface area contributed by atoms with E-state index in [1.807, 2.05) is 6.08 Å². The van der Waals surface area contributed by atoms with Crippen LogP contribution in [0.25, 0.3) is 5.57 Å². The number of hydrogen-bond donors (Lipinski definition) is 2. The zero-order chi connectivity index (χ0) is 29.3. The average molecular weight is 639 g/mol. The summed E-state index contributed by atoms with van der Waals surface area (Å²) in [6.07, 6.45) is 8.88. The first-order chi connectivity index (χ1) is 19.0. The quantitative estimate of drug-likeness (QED) is 0.361. The summed E-state index contributed by atoms with van der Waals surface area (Å²) in [5.74, 6) is -0.820. The first-order valence-electron chi connectivity index (χ1n) is 12.8. The minimum atomic E-state index is -0.427. The Balaban J connectivity index is 0.000000217. The van der Waals surface area contributed by atoms with Crippen molar-refractivity contribution in [1.29, 1.82) is 0 Å². The highest BCUT2D eigenvalue weighted by molar-refractivity contribution is 9.10. The van der Waals surface area contributed by atoms with Crippen LogP contribution in [0.1, 0.15) is 74.5 Å². The number of hydrogen-bond acceptors (Lipinski definition) is 10. The van der Waals surface area contributed by atoms with E-state index >= 15 is 0 Å². The molecular formula is C27H40BBrN4O8. The SMILES string of the molecule is C.CC1(C)OB(C2=CCOCC2)OC1(C)C.COC(=O)c1[nH]ncc1Br.COC(=O)c1[nH]ncc1C1=CCOCC1. The van der Waals surface area contributed by atoms with Crippen molar-refractivity contribution in [2.75, 3.05) is 40.6 Å². The number of ether oxygens (including phenoxy) is 4. The molecule has 3 aliphatic heterocycles. The average Bonchev–Trinajstić information content (AvgIpc) is 3.67. The summed E-state index contributed by atoms with van der Waals surface area (Å²) in [7, 11) is 2.49. The van der Waals surface area contributed by atoms with Gasteiger partial charge >= 0.3 is 19.1 Å². The number of aromatic amines is 2. The Labute approximate surface area is 249 Å². The number of nitrogens with one attached hydrogen (secondary N) is 2. The molecule has 12 nitrogen and oxygen atoms in total.